The average molecular weight is 295 g/mol. The predicted octanol–water partition coefficient (Wildman–Crippen LogP) is 2.44. The Morgan fingerprint density at radius 3 is 2.95 bits per heavy atom. The largest absolute Gasteiger partial charge is 0.399 e. The molecule has 0 spiro atoms. The van der Waals surface area contributed by atoms with Crippen molar-refractivity contribution in [2.45, 2.75) is 5.03 Å². The van der Waals surface area contributed by atoms with Gasteiger partial charge in [-0.3, -0.25) is 9.78 Å². The Kier molecular flexibility index (Phi) is 4.59. The summed E-state index contributed by atoms with van der Waals surface area (Å²) in [4.78, 5) is 19.7. The minimum Gasteiger partial charge on any atom is -0.399 e. The third kappa shape index (κ3) is 4.11. The number of nitrogens with zero attached hydrogens (tertiary/aromatic N) is 2. The van der Waals surface area contributed by atoms with E-state index in [1.807, 2.05) is 0 Å². The molecule has 0 unspecified atom stereocenters. The molecule has 3 N–H and O–H groups in total. The fraction of sp³-hybridized carbons (Fsp3) is 0.0833. The van der Waals surface area contributed by atoms with Crippen molar-refractivity contribution in [2.24, 2.45) is 0 Å². The van der Waals surface area contributed by atoms with E-state index >= 15 is 0 Å². The number of anilines is 2. The quantitative estimate of drug-likeness (QED) is 0.669. The van der Waals surface area contributed by atoms with Gasteiger partial charge in [-0.25, -0.2) is 4.98 Å². The van der Waals surface area contributed by atoms with E-state index < -0.39 is 0 Å². The molecule has 5 nitrogen and oxygen atoms in total. The second-order valence-electron chi connectivity index (χ2n) is 3.62. The Balaban J connectivity index is 1.91. The van der Waals surface area contributed by atoms with Gasteiger partial charge < -0.3 is 11.1 Å². The van der Waals surface area contributed by atoms with E-state index in [0.29, 0.717) is 21.4 Å². The zero-order valence-electron chi connectivity index (χ0n) is 9.84. The van der Waals surface area contributed by atoms with Crippen LogP contribution >= 0.6 is 23.4 Å². The van der Waals surface area contributed by atoms with Gasteiger partial charge in [0.25, 0.3) is 0 Å². The number of rotatable bonds is 4. The maximum atomic E-state index is 11.8. The van der Waals surface area contributed by atoms with Crippen LogP contribution in [-0.2, 0) is 4.79 Å². The van der Waals surface area contributed by atoms with Crippen molar-refractivity contribution >= 4 is 40.6 Å². The zero-order chi connectivity index (χ0) is 13.7. The summed E-state index contributed by atoms with van der Waals surface area (Å²) >= 11 is 7.27. The highest BCUT2D eigenvalue weighted by atomic mass is 35.5. The van der Waals surface area contributed by atoms with Crippen LogP contribution in [0.3, 0.4) is 0 Å². The van der Waals surface area contributed by atoms with Crippen molar-refractivity contribution < 1.29 is 4.79 Å². The molecule has 1 aromatic carbocycles. The van der Waals surface area contributed by atoms with Crippen LogP contribution in [0.5, 0.6) is 0 Å². The first-order valence-corrected chi connectivity index (χ1v) is 6.75. The van der Waals surface area contributed by atoms with E-state index in [-0.39, 0.29) is 11.7 Å². The third-order valence-corrected chi connectivity index (χ3v) is 3.38. The summed E-state index contributed by atoms with van der Waals surface area (Å²) in [6.45, 7) is 0. The average Bonchev–Trinajstić information content (AvgIpc) is 2.41. The van der Waals surface area contributed by atoms with Gasteiger partial charge in [-0.2, -0.15) is 0 Å². The molecule has 0 aliphatic carbocycles. The summed E-state index contributed by atoms with van der Waals surface area (Å²) in [5.74, 6) is 0.0710. The van der Waals surface area contributed by atoms with Gasteiger partial charge in [0, 0.05) is 18.1 Å². The number of nitrogens with two attached hydrogens (primary N) is 1. The van der Waals surface area contributed by atoms with E-state index in [1.54, 1.807) is 36.8 Å². The number of amides is 1. The molecule has 0 saturated carbocycles. The minimum absolute atomic E-state index is 0.165. The number of benzene rings is 1. The van der Waals surface area contributed by atoms with Crippen LogP contribution in [0, 0.1) is 0 Å². The third-order valence-electron chi connectivity index (χ3n) is 2.16. The first-order valence-electron chi connectivity index (χ1n) is 5.39. The van der Waals surface area contributed by atoms with Crippen LogP contribution in [0.25, 0.3) is 0 Å². The van der Waals surface area contributed by atoms with Crippen LogP contribution in [-0.4, -0.2) is 21.6 Å². The number of hydrogen-bond acceptors (Lipinski definition) is 5. The molecule has 0 aliphatic heterocycles. The number of aromatic nitrogens is 2. The fourth-order valence-electron chi connectivity index (χ4n) is 1.32. The van der Waals surface area contributed by atoms with E-state index in [4.69, 9.17) is 17.3 Å². The van der Waals surface area contributed by atoms with E-state index in [0.717, 1.165) is 0 Å². The monoisotopic (exact) mass is 294 g/mol. The standard InChI is InChI=1S/C12H11ClN4OS/c13-9-5-8(14)1-2-10(9)17-11(18)7-19-12-6-15-3-4-16-12/h1-6H,7,14H2,(H,17,18). The van der Waals surface area contributed by atoms with E-state index in [9.17, 15) is 4.79 Å². The molecular formula is C12H11ClN4OS. The summed E-state index contributed by atoms with van der Waals surface area (Å²) < 4.78 is 0. The number of nitrogens with one attached hydrogen (secondary N) is 1. The van der Waals surface area contributed by atoms with Crippen molar-refractivity contribution in [1.82, 2.24) is 9.97 Å². The summed E-state index contributed by atoms with van der Waals surface area (Å²) in [6.07, 6.45) is 4.77. The molecule has 0 aliphatic rings. The van der Waals surface area contributed by atoms with Crippen molar-refractivity contribution in [3.63, 3.8) is 0 Å². The van der Waals surface area contributed by atoms with Gasteiger partial charge in [-0.05, 0) is 18.2 Å². The summed E-state index contributed by atoms with van der Waals surface area (Å²) in [5, 5.41) is 3.82. The van der Waals surface area contributed by atoms with Crippen molar-refractivity contribution in [2.75, 3.05) is 16.8 Å². The van der Waals surface area contributed by atoms with Crippen molar-refractivity contribution in [1.29, 1.82) is 0 Å². The summed E-state index contributed by atoms with van der Waals surface area (Å²) in [5.41, 5.74) is 6.67. The lowest BCUT2D eigenvalue weighted by Crippen LogP contribution is -2.14. The topological polar surface area (TPSA) is 80.9 Å². The lowest BCUT2D eigenvalue weighted by atomic mass is 10.3. The number of hydrogen-bond donors (Lipinski definition) is 2. The first kappa shape index (κ1) is 13.6. The maximum Gasteiger partial charge on any atom is 0.234 e. The van der Waals surface area contributed by atoms with Gasteiger partial charge in [0.1, 0.15) is 5.03 Å². The van der Waals surface area contributed by atoms with Gasteiger partial charge in [-0.1, -0.05) is 23.4 Å². The molecule has 0 saturated heterocycles. The molecule has 0 atom stereocenters. The SMILES string of the molecule is Nc1ccc(NC(=O)CSc2cnccn2)c(Cl)c1. The lowest BCUT2D eigenvalue weighted by molar-refractivity contribution is -0.113. The number of halogens is 1. The van der Waals surface area contributed by atoms with E-state index in [2.05, 4.69) is 15.3 Å². The molecule has 1 amide bonds. The molecule has 0 bridgehead atoms. The van der Waals surface area contributed by atoms with Gasteiger partial charge >= 0.3 is 0 Å². The zero-order valence-corrected chi connectivity index (χ0v) is 11.4. The van der Waals surface area contributed by atoms with Crippen LogP contribution in [0.15, 0.2) is 41.8 Å². The summed E-state index contributed by atoms with van der Waals surface area (Å²) in [7, 11) is 0. The van der Waals surface area contributed by atoms with Crippen molar-refractivity contribution in [3.8, 4) is 0 Å². The minimum atomic E-state index is -0.165. The number of carbonyl (C=O) groups is 1. The second-order valence-corrected chi connectivity index (χ2v) is 5.02. The molecule has 19 heavy (non-hydrogen) atoms. The van der Waals surface area contributed by atoms with Gasteiger partial charge in [0.05, 0.1) is 22.7 Å². The Labute approximate surface area is 119 Å². The fourth-order valence-corrected chi connectivity index (χ4v) is 2.18. The van der Waals surface area contributed by atoms with Gasteiger partial charge in [0.15, 0.2) is 0 Å². The van der Waals surface area contributed by atoms with Crippen molar-refractivity contribution in [3.05, 3.63) is 41.8 Å². The highest BCUT2D eigenvalue weighted by Crippen LogP contribution is 2.24. The molecule has 2 aromatic rings. The highest BCUT2D eigenvalue weighted by molar-refractivity contribution is 7.99. The number of thioether (sulfide) groups is 1. The van der Waals surface area contributed by atoms with Crippen LogP contribution in [0.1, 0.15) is 0 Å². The first-order chi connectivity index (χ1) is 9.15. The Hall–Kier alpha value is -1.79. The molecule has 7 heteroatoms. The molecule has 1 heterocycles. The lowest BCUT2D eigenvalue weighted by Gasteiger charge is -2.07. The smallest absolute Gasteiger partial charge is 0.234 e. The molecule has 0 fully saturated rings. The second kappa shape index (κ2) is 6.40. The summed E-state index contributed by atoms with van der Waals surface area (Å²) in [6, 6.07) is 4.94. The highest BCUT2D eigenvalue weighted by Gasteiger charge is 2.07. The Bertz CT molecular complexity index is 579. The molecular weight excluding hydrogens is 284 g/mol. The molecule has 0 radical (unpaired) electrons. The normalized spacial score (nSPS) is 10.2. The van der Waals surface area contributed by atoms with Crippen LogP contribution in [0.4, 0.5) is 11.4 Å². The van der Waals surface area contributed by atoms with Gasteiger partial charge in [-0.15, -0.1) is 0 Å². The van der Waals surface area contributed by atoms with Crippen LogP contribution in [0.2, 0.25) is 5.02 Å². The van der Waals surface area contributed by atoms with E-state index in [1.165, 1.54) is 11.8 Å². The molecule has 1 aromatic heterocycles. The van der Waals surface area contributed by atoms with Crippen LogP contribution < -0.4 is 11.1 Å². The Morgan fingerprint density at radius 1 is 1.42 bits per heavy atom. The molecule has 2 rings (SSSR count). The molecule has 98 valence electrons. The van der Waals surface area contributed by atoms with Gasteiger partial charge in [0.2, 0.25) is 5.91 Å². The number of nitrogen functional groups attached to an aromatic ring is 1. The Morgan fingerprint density at radius 2 is 2.26 bits per heavy atom. The number of carbonyl (C=O) groups excluding carboxylic acids is 1. The maximum absolute atomic E-state index is 11.8. The predicted molar refractivity (Wildman–Crippen MR) is 77.3 cm³/mol.